The second kappa shape index (κ2) is 7.94. The zero-order valence-electron chi connectivity index (χ0n) is 16.7. The highest BCUT2D eigenvalue weighted by Gasteiger charge is 2.19. The van der Waals surface area contributed by atoms with Crippen LogP contribution in [0.15, 0.2) is 47.2 Å². The van der Waals surface area contributed by atoms with Crippen LogP contribution in [0.2, 0.25) is 0 Å². The lowest BCUT2D eigenvalue weighted by Gasteiger charge is -2.12. The van der Waals surface area contributed by atoms with Crippen LogP contribution in [0, 0.1) is 5.82 Å². The number of rotatable bonds is 6. The van der Waals surface area contributed by atoms with E-state index in [1.807, 2.05) is 0 Å². The van der Waals surface area contributed by atoms with E-state index in [0.717, 1.165) is 0 Å². The summed E-state index contributed by atoms with van der Waals surface area (Å²) >= 11 is 0. The Balaban J connectivity index is 1.78. The van der Waals surface area contributed by atoms with Gasteiger partial charge in [-0.05, 0) is 25.1 Å². The van der Waals surface area contributed by atoms with Crippen LogP contribution in [-0.4, -0.2) is 30.5 Å². The molecule has 0 spiro atoms. The number of methoxy groups -OCH3 is 1. The SMILES string of the molecule is CCNC(=O)c1coc2cc(Oc3ccnc4cc(OC)c(C(N)=O)cc34)c(F)cc12. The second-order valence-corrected chi connectivity index (χ2v) is 6.63. The quantitative estimate of drug-likeness (QED) is 0.488. The number of halogens is 1. The Morgan fingerprint density at radius 3 is 2.65 bits per heavy atom. The molecule has 2 heterocycles. The highest BCUT2D eigenvalue weighted by molar-refractivity contribution is 6.06. The molecule has 8 nitrogen and oxygen atoms in total. The molecule has 0 aliphatic heterocycles. The van der Waals surface area contributed by atoms with Gasteiger partial charge in [-0.25, -0.2) is 4.39 Å². The summed E-state index contributed by atoms with van der Waals surface area (Å²) in [5.41, 5.74) is 6.56. The van der Waals surface area contributed by atoms with Crippen molar-refractivity contribution in [2.45, 2.75) is 6.92 Å². The maximum atomic E-state index is 14.8. The zero-order chi connectivity index (χ0) is 22.1. The average Bonchev–Trinajstić information content (AvgIpc) is 3.16. The number of aromatic nitrogens is 1. The van der Waals surface area contributed by atoms with Crippen molar-refractivity contribution in [3.05, 3.63) is 59.7 Å². The molecule has 4 rings (SSSR count). The van der Waals surface area contributed by atoms with Crippen molar-refractivity contribution in [3.63, 3.8) is 0 Å². The molecule has 0 saturated carbocycles. The lowest BCUT2D eigenvalue weighted by Crippen LogP contribution is -2.22. The van der Waals surface area contributed by atoms with E-state index in [-0.39, 0.29) is 39.9 Å². The number of hydrogen-bond acceptors (Lipinski definition) is 6. The number of amides is 2. The summed E-state index contributed by atoms with van der Waals surface area (Å²) in [5.74, 6) is -1.33. The van der Waals surface area contributed by atoms with Crippen molar-refractivity contribution in [1.29, 1.82) is 0 Å². The predicted molar refractivity (Wildman–Crippen MR) is 111 cm³/mol. The normalized spacial score (nSPS) is 10.9. The molecule has 0 fully saturated rings. The van der Waals surface area contributed by atoms with Gasteiger partial charge in [0.25, 0.3) is 11.8 Å². The minimum Gasteiger partial charge on any atom is -0.496 e. The molecule has 0 radical (unpaired) electrons. The Hall–Kier alpha value is -4.14. The molecule has 158 valence electrons. The van der Waals surface area contributed by atoms with Crippen molar-refractivity contribution < 1.29 is 27.9 Å². The molecule has 0 aliphatic rings. The van der Waals surface area contributed by atoms with Gasteiger partial charge < -0.3 is 24.9 Å². The van der Waals surface area contributed by atoms with Crippen LogP contribution in [0.5, 0.6) is 17.2 Å². The Bertz CT molecular complexity index is 1330. The van der Waals surface area contributed by atoms with Crippen molar-refractivity contribution in [2.24, 2.45) is 5.73 Å². The van der Waals surface area contributed by atoms with Gasteiger partial charge in [0.2, 0.25) is 0 Å². The number of benzene rings is 2. The first-order chi connectivity index (χ1) is 14.9. The van der Waals surface area contributed by atoms with E-state index in [2.05, 4.69) is 10.3 Å². The van der Waals surface area contributed by atoms with Crippen LogP contribution in [0.4, 0.5) is 4.39 Å². The number of primary amides is 1. The van der Waals surface area contributed by atoms with Gasteiger partial charge in [0, 0.05) is 35.6 Å². The molecule has 2 amide bonds. The highest BCUT2D eigenvalue weighted by atomic mass is 19.1. The average molecular weight is 423 g/mol. The zero-order valence-corrected chi connectivity index (χ0v) is 16.7. The van der Waals surface area contributed by atoms with Crippen molar-refractivity contribution >= 4 is 33.7 Å². The molecular weight excluding hydrogens is 405 g/mol. The summed E-state index contributed by atoms with van der Waals surface area (Å²) in [6.07, 6.45) is 2.75. The number of nitrogens with one attached hydrogen (secondary N) is 1. The van der Waals surface area contributed by atoms with Gasteiger partial charge in [0.1, 0.15) is 23.3 Å². The predicted octanol–water partition coefficient (Wildman–Crippen LogP) is 3.77. The monoisotopic (exact) mass is 423 g/mol. The summed E-state index contributed by atoms with van der Waals surface area (Å²) in [7, 11) is 1.41. The lowest BCUT2D eigenvalue weighted by molar-refractivity contribution is 0.0955. The first kappa shape index (κ1) is 20.1. The molecule has 0 atom stereocenters. The molecule has 9 heteroatoms. The van der Waals surface area contributed by atoms with Crippen LogP contribution in [0.3, 0.4) is 0 Å². The fraction of sp³-hybridized carbons (Fsp3) is 0.136. The van der Waals surface area contributed by atoms with Gasteiger partial charge in [-0.3, -0.25) is 14.6 Å². The molecule has 0 saturated heterocycles. The van der Waals surface area contributed by atoms with Gasteiger partial charge in [-0.1, -0.05) is 0 Å². The van der Waals surface area contributed by atoms with Gasteiger partial charge in [0.15, 0.2) is 11.6 Å². The third kappa shape index (κ3) is 3.61. The molecule has 0 unspecified atom stereocenters. The number of pyridine rings is 1. The van der Waals surface area contributed by atoms with E-state index >= 15 is 0 Å². The molecule has 3 N–H and O–H groups in total. The summed E-state index contributed by atoms with van der Waals surface area (Å²) in [5, 5.41) is 3.42. The number of hydrogen-bond donors (Lipinski definition) is 2. The number of ether oxygens (including phenoxy) is 2. The molecule has 2 aromatic carbocycles. The van der Waals surface area contributed by atoms with Crippen LogP contribution in [-0.2, 0) is 0 Å². The van der Waals surface area contributed by atoms with Crippen molar-refractivity contribution in [1.82, 2.24) is 10.3 Å². The number of furan rings is 1. The molecule has 2 aromatic heterocycles. The largest absolute Gasteiger partial charge is 0.496 e. The maximum absolute atomic E-state index is 14.8. The maximum Gasteiger partial charge on any atom is 0.255 e. The van der Waals surface area contributed by atoms with E-state index < -0.39 is 11.7 Å². The van der Waals surface area contributed by atoms with E-state index in [4.69, 9.17) is 19.6 Å². The highest BCUT2D eigenvalue weighted by Crippen LogP contribution is 2.36. The van der Waals surface area contributed by atoms with E-state index in [1.54, 1.807) is 13.0 Å². The standard InChI is InChI=1S/C22H18FN3O5/c1-3-25-22(28)14-10-30-19-9-20(15(23)7-11(14)19)31-17-4-5-26-16-8-18(29-2)13(21(24)27)6-12(16)17/h4-10H,3H2,1-2H3,(H2,24,27)(H,25,28). The number of fused-ring (bicyclic) bond motifs is 2. The fourth-order valence-corrected chi connectivity index (χ4v) is 3.26. The van der Waals surface area contributed by atoms with Crippen molar-refractivity contribution in [2.75, 3.05) is 13.7 Å². The van der Waals surface area contributed by atoms with Gasteiger partial charge >= 0.3 is 0 Å². The molecule has 0 aliphatic carbocycles. The minimum absolute atomic E-state index is 0.117. The van der Waals surface area contributed by atoms with Gasteiger partial charge in [-0.2, -0.15) is 0 Å². The summed E-state index contributed by atoms with van der Waals surface area (Å²) in [4.78, 5) is 28.1. The molecule has 31 heavy (non-hydrogen) atoms. The van der Waals surface area contributed by atoms with Gasteiger partial charge in [-0.15, -0.1) is 0 Å². The lowest BCUT2D eigenvalue weighted by atomic mass is 10.1. The summed E-state index contributed by atoms with van der Waals surface area (Å²) in [6.45, 7) is 2.22. The topological polar surface area (TPSA) is 117 Å². The second-order valence-electron chi connectivity index (χ2n) is 6.63. The smallest absolute Gasteiger partial charge is 0.255 e. The van der Waals surface area contributed by atoms with Crippen molar-refractivity contribution in [3.8, 4) is 17.2 Å². The Morgan fingerprint density at radius 1 is 1.13 bits per heavy atom. The van der Waals surface area contributed by atoms with Crippen LogP contribution >= 0.6 is 0 Å². The minimum atomic E-state index is -0.687. The number of nitrogens with two attached hydrogens (primary N) is 1. The summed E-state index contributed by atoms with van der Waals surface area (Å²) < 4.78 is 31.2. The first-order valence-electron chi connectivity index (χ1n) is 9.36. The summed E-state index contributed by atoms with van der Waals surface area (Å²) in [6, 6.07) is 7.10. The molecule has 0 bridgehead atoms. The third-order valence-corrected chi connectivity index (χ3v) is 4.72. The third-order valence-electron chi connectivity index (χ3n) is 4.72. The van der Waals surface area contributed by atoms with Crippen LogP contribution < -0.4 is 20.5 Å². The Labute approximate surface area is 175 Å². The molecule has 4 aromatic rings. The number of carbonyl (C=O) groups excluding carboxylic acids is 2. The van der Waals surface area contributed by atoms with E-state index in [1.165, 1.54) is 43.8 Å². The number of carbonyl (C=O) groups is 2. The fourth-order valence-electron chi connectivity index (χ4n) is 3.26. The number of nitrogens with zero attached hydrogens (tertiary/aromatic N) is 1. The van der Waals surface area contributed by atoms with Gasteiger partial charge in [0.05, 0.1) is 23.8 Å². The van der Waals surface area contributed by atoms with E-state index in [0.29, 0.717) is 22.8 Å². The van der Waals surface area contributed by atoms with Crippen LogP contribution in [0.1, 0.15) is 27.6 Å². The first-order valence-corrected chi connectivity index (χ1v) is 9.36. The van der Waals surface area contributed by atoms with E-state index in [9.17, 15) is 14.0 Å². The Morgan fingerprint density at radius 2 is 1.94 bits per heavy atom. The molecular formula is C22H18FN3O5. The van der Waals surface area contributed by atoms with Crippen LogP contribution in [0.25, 0.3) is 21.9 Å². The Kier molecular flexibility index (Phi) is 5.16.